The monoisotopic (exact) mass is 389 g/mol. The van der Waals surface area contributed by atoms with E-state index in [1.165, 1.54) is 13.2 Å². The zero-order chi connectivity index (χ0) is 20.4. The van der Waals surface area contributed by atoms with Crippen LogP contribution in [0.2, 0.25) is 0 Å². The number of carbonyl (C=O) groups is 1. The van der Waals surface area contributed by atoms with Gasteiger partial charge in [0, 0.05) is 18.4 Å². The standard InChI is InChI=1S/C23H19NO5/c1-28-20-11-14(8-10-19(20)25)7-9-16-12-18-22(23(27)29-16)17(13-21(26)24-18)15-5-3-2-4-6-15/h2-12,17,25H,13H2,1H3,(H,24,26)/b9-7+. The first-order chi connectivity index (χ1) is 14.0. The molecule has 2 N–H and O–H groups in total. The molecular formula is C23H19NO5. The van der Waals surface area contributed by atoms with Crippen LogP contribution in [0.25, 0.3) is 12.2 Å². The number of nitrogens with one attached hydrogen (secondary N) is 1. The minimum atomic E-state index is -0.473. The lowest BCUT2D eigenvalue weighted by Gasteiger charge is -2.24. The molecule has 2 aromatic carbocycles. The zero-order valence-electron chi connectivity index (χ0n) is 15.7. The maximum Gasteiger partial charge on any atom is 0.342 e. The van der Waals surface area contributed by atoms with Crippen LogP contribution in [-0.2, 0) is 4.79 Å². The summed E-state index contributed by atoms with van der Waals surface area (Å²) in [7, 11) is 1.47. The molecule has 1 aliphatic heterocycles. The van der Waals surface area contributed by atoms with Crippen LogP contribution in [0.15, 0.2) is 63.8 Å². The van der Waals surface area contributed by atoms with E-state index in [0.29, 0.717) is 22.8 Å². The fourth-order valence-corrected chi connectivity index (χ4v) is 3.47. The molecule has 1 atom stereocenters. The van der Waals surface area contributed by atoms with Gasteiger partial charge < -0.3 is 19.6 Å². The van der Waals surface area contributed by atoms with Crippen LogP contribution < -0.4 is 15.7 Å². The highest BCUT2D eigenvalue weighted by atomic mass is 16.5. The van der Waals surface area contributed by atoms with Crippen molar-refractivity contribution in [3.8, 4) is 11.5 Å². The molecule has 0 saturated heterocycles. The fourth-order valence-electron chi connectivity index (χ4n) is 3.47. The van der Waals surface area contributed by atoms with Gasteiger partial charge in [-0.05, 0) is 29.3 Å². The van der Waals surface area contributed by atoms with Gasteiger partial charge in [-0.25, -0.2) is 4.79 Å². The topological polar surface area (TPSA) is 88.8 Å². The third-order valence-corrected chi connectivity index (χ3v) is 4.87. The van der Waals surface area contributed by atoms with Gasteiger partial charge in [-0.3, -0.25) is 4.79 Å². The Morgan fingerprint density at radius 1 is 1.10 bits per heavy atom. The lowest BCUT2D eigenvalue weighted by atomic mass is 9.86. The highest BCUT2D eigenvalue weighted by Gasteiger charge is 2.30. The van der Waals surface area contributed by atoms with Gasteiger partial charge in [-0.2, -0.15) is 0 Å². The molecule has 146 valence electrons. The summed E-state index contributed by atoms with van der Waals surface area (Å²) >= 11 is 0. The van der Waals surface area contributed by atoms with Crippen molar-refractivity contribution in [1.82, 2.24) is 0 Å². The first kappa shape index (κ1) is 18.6. The number of phenols is 1. The summed E-state index contributed by atoms with van der Waals surface area (Å²) in [5.41, 5.74) is 2.11. The van der Waals surface area contributed by atoms with E-state index in [1.807, 2.05) is 30.3 Å². The highest BCUT2D eigenvalue weighted by molar-refractivity contribution is 5.95. The number of benzene rings is 2. The van der Waals surface area contributed by atoms with Crippen LogP contribution >= 0.6 is 0 Å². The summed E-state index contributed by atoms with van der Waals surface area (Å²) in [6.07, 6.45) is 3.56. The normalized spacial score (nSPS) is 15.8. The van der Waals surface area contributed by atoms with E-state index in [9.17, 15) is 14.7 Å². The molecule has 1 unspecified atom stereocenters. The Kier molecular flexibility index (Phi) is 4.91. The predicted molar refractivity (Wildman–Crippen MR) is 110 cm³/mol. The van der Waals surface area contributed by atoms with Gasteiger partial charge in [0.05, 0.1) is 18.4 Å². The molecule has 0 bridgehead atoms. The Morgan fingerprint density at radius 2 is 1.90 bits per heavy atom. The van der Waals surface area contributed by atoms with E-state index in [-0.39, 0.29) is 24.0 Å². The van der Waals surface area contributed by atoms with Gasteiger partial charge in [0.25, 0.3) is 0 Å². The van der Waals surface area contributed by atoms with Crippen molar-refractivity contribution in [3.63, 3.8) is 0 Å². The average molecular weight is 389 g/mol. The van der Waals surface area contributed by atoms with Crippen molar-refractivity contribution in [2.24, 2.45) is 0 Å². The lowest BCUT2D eigenvalue weighted by Crippen LogP contribution is -2.28. The Bertz CT molecular complexity index is 1150. The summed E-state index contributed by atoms with van der Waals surface area (Å²) in [6.45, 7) is 0. The number of anilines is 1. The molecule has 0 aliphatic carbocycles. The molecule has 1 aliphatic rings. The third kappa shape index (κ3) is 3.78. The minimum Gasteiger partial charge on any atom is -0.504 e. The fraction of sp³-hybridized carbons (Fsp3) is 0.130. The summed E-state index contributed by atoms with van der Waals surface area (Å²) in [5, 5.41) is 12.5. The van der Waals surface area contributed by atoms with Crippen molar-refractivity contribution < 1.29 is 19.1 Å². The number of hydrogen-bond acceptors (Lipinski definition) is 5. The van der Waals surface area contributed by atoms with E-state index in [4.69, 9.17) is 9.15 Å². The summed E-state index contributed by atoms with van der Waals surface area (Å²) in [4.78, 5) is 24.9. The molecule has 3 aromatic rings. The van der Waals surface area contributed by atoms with Gasteiger partial charge in [-0.1, -0.05) is 42.5 Å². The van der Waals surface area contributed by atoms with Crippen LogP contribution in [0.5, 0.6) is 11.5 Å². The molecule has 1 amide bonds. The Labute approximate surface area is 167 Å². The number of hydrogen-bond donors (Lipinski definition) is 2. The van der Waals surface area contributed by atoms with E-state index in [0.717, 1.165) is 11.1 Å². The van der Waals surface area contributed by atoms with Gasteiger partial charge in [0.1, 0.15) is 5.76 Å². The molecule has 0 radical (unpaired) electrons. The van der Waals surface area contributed by atoms with Crippen molar-refractivity contribution in [2.45, 2.75) is 12.3 Å². The second-order valence-corrected chi connectivity index (χ2v) is 6.74. The molecule has 6 heteroatoms. The molecule has 4 rings (SSSR count). The maximum atomic E-state index is 12.7. The van der Waals surface area contributed by atoms with Gasteiger partial charge in [0.2, 0.25) is 5.91 Å². The Balaban J connectivity index is 1.70. The predicted octanol–water partition coefficient (Wildman–Crippen LogP) is 4.00. The smallest absolute Gasteiger partial charge is 0.342 e. The van der Waals surface area contributed by atoms with Crippen LogP contribution in [-0.4, -0.2) is 18.1 Å². The number of amides is 1. The molecule has 6 nitrogen and oxygen atoms in total. The average Bonchev–Trinajstić information content (AvgIpc) is 2.73. The van der Waals surface area contributed by atoms with E-state index in [2.05, 4.69) is 5.32 Å². The first-order valence-corrected chi connectivity index (χ1v) is 9.13. The molecule has 0 saturated carbocycles. The van der Waals surface area contributed by atoms with Gasteiger partial charge in [0.15, 0.2) is 11.5 Å². The van der Waals surface area contributed by atoms with Crippen molar-refractivity contribution in [1.29, 1.82) is 0 Å². The van der Waals surface area contributed by atoms with Crippen LogP contribution in [0.4, 0.5) is 5.69 Å². The van der Waals surface area contributed by atoms with Crippen molar-refractivity contribution in [3.05, 3.63) is 87.5 Å². The second-order valence-electron chi connectivity index (χ2n) is 6.74. The Hall–Kier alpha value is -3.80. The lowest BCUT2D eigenvalue weighted by molar-refractivity contribution is -0.116. The highest BCUT2D eigenvalue weighted by Crippen LogP contribution is 2.35. The summed E-state index contributed by atoms with van der Waals surface area (Å²) in [5.74, 6) is 0.220. The zero-order valence-corrected chi connectivity index (χ0v) is 15.7. The number of aromatic hydroxyl groups is 1. The van der Waals surface area contributed by atoms with Gasteiger partial charge >= 0.3 is 5.63 Å². The Morgan fingerprint density at radius 3 is 2.66 bits per heavy atom. The SMILES string of the molecule is COc1cc(/C=C/c2cc3c(c(=O)o2)C(c2ccccc2)CC(=O)N3)ccc1O. The quantitative estimate of drug-likeness (QED) is 0.704. The van der Waals surface area contributed by atoms with Crippen LogP contribution in [0.1, 0.15) is 34.8 Å². The summed E-state index contributed by atoms with van der Waals surface area (Å²) in [6, 6.07) is 16.0. The molecule has 0 spiro atoms. The van der Waals surface area contributed by atoms with Crippen molar-refractivity contribution in [2.75, 3.05) is 12.4 Å². The minimum absolute atomic E-state index is 0.0413. The molecular weight excluding hydrogens is 370 g/mol. The number of rotatable bonds is 4. The van der Waals surface area contributed by atoms with Crippen LogP contribution in [0, 0.1) is 0 Å². The van der Waals surface area contributed by atoms with E-state index >= 15 is 0 Å². The first-order valence-electron chi connectivity index (χ1n) is 9.13. The number of phenolic OH excluding ortho intramolecular Hbond substituents is 1. The van der Waals surface area contributed by atoms with Gasteiger partial charge in [-0.15, -0.1) is 0 Å². The number of carbonyl (C=O) groups excluding carboxylic acids is 1. The number of ether oxygens (including phenoxy) is 1. The molecule has 29 heavy (non-hydrogen) atoms. The second kappa shape index (κ2) is 7.67. The molecule has 1 aromatic heterocycles. The van der Waals surface area contributed by atoms with Crippen molar-refractivity contribution >= 4 is 23.7 Å². The molecule has 0 fully saturated rings. The summed E-state index contributed by atoms with van der Waals surface area (Å²) < 4.78 is 10.6. The number of fused-ring (bicyclic) bond motifs is 1. The van der Waals surface area contributed by atoms with Crippen LogP contribution in [0.3, 0.4) is 0 Å². The third-order valence-electron chi connectivity index (χ3n) is 4.87. The largest absolute Gasteiger partial charge is 0.504 e. The number of methoxy groups -OCH3 is 1. The maximum absolute atomic E-state index is 12.7. The molecule has 2 heterocycles. The van der Waals surface area contributed by atoms with E-state index in [1.54, 1.807) is 30.4 Å². The van der Waals surface area contributed by atoms with E-state index < -0.39 is 5.63 Å².